The van der Waals surface area contributed by atoms with Crippen molar-refractivity contribution in [3.8, 4) is 0 Å². The Morgan fingerprint density at radius 3 is 2.82 bits per heavy atom. The van der Waals surface area contributed by atoms with E-state index in [1.807, 2.05) is 24.8 Å². The molecule has 1 atom stereocenters. The van der Waals surface area contributed by atoms with Crippen molar-refractivity contribution in [3.63, 3.8) is 0 Å². The van der Waals surface area contributed by atoms with Gasteiger partial charge >= 0.3 is 0 Å². The maximum atomic E-state index is 13.3. The zero-order valence-corrected chi connectivity index (χ0v) is 16.6. The Morgan fingerprint density at radius 2 is 2.11 bits per heavy atom. The number of nitrogens with one attached hydrogen (secondary N) is 1. The van der Waals surface area contributed by atoms with E-state index in [4.69, 9.17) is 0 Å². The minimum atomic E-state index is -0.253. The lowest BCUT2D eigenvalue weighted by atomic mass is 9.79. The number of rotatable bonds is 3. The minimum Gasteiger partial charge on any atom is -0.338 e. The molecule has 2 saturated heterocycles. The number of amides is 1. The Morgan fingerprint density at radius 1 is 1.25 bits per heavy atom. The molecule has 1 N–H and O–H groups in total. The summed E-state index contributed by atoms with van der Waals surface area (Å²) in [5, 5.41) is 3.43. The molecule has 2 aromatic heterocycles. The number of nitrogens with zero attached hydrogens (tertiary/aromatic N) is 4. The molecule has 1 spiro atoms. The van der Waals surface area contributed by atoms with E-state index >= 15 is 0 Å². The van der Waals surface area contributed by atoms with E-state index in [1.165, 1.54) is 0 Å². The summed E-state index contributed by atoms with van der Waals surface area (Å²) in [5.74, 6) is -0.141. The van der Waals surface area contributed by atoms with E-state index < -0.39 is 0 Å². The topological polar surface area (TPSA) is 80.1 Å². The van der Waals surface area contributed by atoms with Crippen molar-refractivity contribution in [1.82, 2.24) is 24.8 Å². The predicted octanol–water partition coefficient (Wildman–Crippen LogP) is 1.52. The Labute approximate surface area is 164 Å². The van der Waals surface area contributed by atoms with Crippen LogP contribution < -0.4 is 10.9 Å². The van der Waals surface area contributed by atoms with Gasteiger partial charge < -0.3 is 14.8 Å². The number of hydrogen-bond donors (Lipinski definition) is 1. The van der Waals surface area contributed by atoms with Crippen LogP contribution >= 0.6 is 0 Å². The summed E-state index contributed by atoms with van der Waals surface area (Å²) in [7, 11) is 0. The van der Waals surface area contributed by atoms with Gasteiger partial charge in [0.15, 0.2) is 0 Å². The lowest BCUT2D eigenvalue weighted by Gasteiger charge is -2.40. The molecule has 4 rings (SSSR count). The van der Waals surface area contributed by atoms with E-state index in [0.717, 1.165) is 56.7 Å². The molecule has 2 aliphatic heterocycles. The molecule has 2 fully saturated rings. The number of likely N-dealkylation sites (tertiary alicyclic amines) is 1. The van der Waals surface area contributed by atoms with Gasteiger partial charge in [-0.3, -0.25) is 19.6 Å². The first-order chi connectivity index (χ1) is 13.5. The van der Waals surface area contributed by atoms with Gasteiger partial charge in [-0.25, -0.2) is 0 Å². The van der Waals surface area contributed by atoms with Crippen molar-refractivity contribution in [2.75, 3.05) is 26.2 Å². The third-order valence-electron chi connectivity index (χ3n) is 6.03. The fourth-order valence-electron chi connectivity index (χ4n) is 4.41. The first-order valence-corrected chi connectivity index (χ1v) is 9.95. The summed E-state index contributed by atoms with van der Waals surface area (Å²) in [4.78, 5) is 36.9. The molecular formula is C21H27N5O2. The van der Waals surface area contributed by atoms with Gasteiger partial charge in [-0.1, -0.05) is 0 Å². The molecule has 4 heterocycles. The van der Waals surface area contributed by atoms with E-state index in [9.17, 15) is 9.59 Å². The minimum absolute atomic E-state index is 0.141. The molecule has 1 amide bonds. The Hall–Kier alpha value is -2.54. The molecule has 1 unspecified atom stereocenters. The number of carbonyl (C=O) groups excluding carboxylic acids is 1. The zero-order valence-electron chi connectivity index (χ0n) is 16.6. The van der Waals surface area contributed by atoms with Gasteiger partial charge in [-0.05, 0) is 51.3 Å². The average Bonchev–Trinajstić information content (AvgIpc) is 3.13. The lowest BCUT2D eigenvalue weighted by Crippen LogP contribution is -2.48. The van der Waals surface area contributed by atoms with Crippen LogP contribution in [0.3, 0.4) is 0 Å². The highest BCUT2D eigenvalue weighted by Crippen LogP contribution is 2.35. The van der Waals surface area contributed by atoms with Gasteiger partial charge in [-0.2, -0.15) is 0 Å². The van der Waals surface area contributed by atoms with Crippen LogP contribution in [0, 0.1) is 19.3 Å². The summed E-state index contributed by atoms with van der Waals surface area (Å²) < 4.78 is 1.55. The second-order valence-electron chi connectivity index (χ2n) is 8.21. The summed E-state index contributed by atoms with van der Waals surface area (Å²) in [6, 6.07) is 1.84. The molecule has 7 nitrogen and oxygen atoms in total. The summed E-state index contributed by atoms with van der Waals surface area (Å²) in [6.45, 7) is 7.43. The van der Waals surface area contributed by atoms with Crippen molar-refractivity contribution in [1.29, 1.82) is 0 Å². The van der Waals surface area contributed by atoms with Gasteiger partial charge in [0, 0.05) is 37.4 Å². The van der Waals surface area contributed by atoms with Crippen molar-refractivity contribution in [2.45, 2.75) is 39.7 Å². The molecule has 2 aliphatic rings. The molecule has 148 valence electrons. The highest BCUT2D eigenvalue weighted by atomic mass is 16.2. The number of aryl methyl sites for hydroxylation is 2. The number of aromatic nitrogens is 3. The molecule has 2 aromatic rings. The third kappa shape index (κ3) is 3.58. The van der Waals surface area contributed by atoms with Crippen LogP contribution in [0.2, 0.25) is 0 Å². The summed E-state index contributed by atoms with van der Waals surface area (Å²) in [6.07, 6.45) is 8.32. The van der Waals surface area contributed by atoms with Gasteiger partial charge in [0.2, 0.25) is 0 Å². The highest BCUT2D eigenvalue weighted by Gasteiger charge is 2.40. The van der Waals surface area contributed by atoms with Crippen molar-refractivity contribution in [2.24, 2.45) is 5.41 Å². The van der Waals surface area contributed by atoms with Crippen molar-refractivity contribution in [3.05, 3.63) is 57.5 Å². The molecule has 28 heavy (non-hydrogen) atoms. The standard InChI is InChI=1S/C21H27N5O2/c1-15-4-9-25(12-17-11-23-16(2)10-24-17)19(27)18(15)20(28)26-8-3-5-21(14-26)6-7-22-13-21/h4,9-11,22H,3,5-8,12-14H2,1-2H3. The second kappa shape index (κ2) is 7.47. The molecule has 0 aliphatic carbocycles. The van der Waals surface area contributed by atoms with Crippen LogP contribution in [0.25, 0.3) is 0 Å². The number of pyridine rings is 1. The highest BCUT2D eigenvalue weighted by molar-refractivity contribution is 5.95. The monoisotopic (exact) mass is 381 g/mol. The van der Waals surface area contributed by atoms with Crippen LogP contribution in [-0.4, -0.2) is 51.5 Å². The largest absolute Gasteiger partial charge is 0.338 e. The molecule has 0 aromatic carbocycles. The van der Waals surface area contributed by atoms with E-state index in [2.05, 4.69) is 15.3 Å². The average molecular weight is 381 g/mol. The Balaban J connectivity index is 1.60. The number of piperidine rings is 1. The Bertz CT molecular complexity index is 929. The fourth-order valence-corrected chi connectivity index (χ4v) is 4.41. The third-order valence-corrected chi connectivity index (χ3v) is 6.03. The summed E-state index contributed by atoms with van der Waals surface area (Å²) in [5.41, 5.74) is 2.46. The predicted molar refractivity (Wildman–Crippen MR) is 106 cm³/mol. The quantitative estimate of drug-likeness (QED) is 0.872. The maximum Gasteiger partial charge on any atom is 0.264 e. The molecule has 0 bridgehead atoms. The first-order valence-electron chi connectivity index (χ1n) is 9.95. The maximum absolute atomic E-state index is 13.3. The van der Waals surface area contributed by atoms with Crippen LogP contribution in [-0.2, 0) is 6.54 Å². The van der Waals surface area contributed by atoms with E-state index in [0.29, 0.717) is 12.2 Å². The smallest absolute Gasteiger partial charge is 0.264 e. The van der Waals surface area contributed by atoms with Gasteiger partial charge in [0.1, 0.15) is 5.56 Å². The van der Waals surface area contributed by atoms with Crippen LogP contribution in [0.5, 0.6) is 0 Å². The molecule has 7 heteroatoms. The van der Waals surface area contributed by atoms with Gasteiger partial charge in [-0.15, -0.1) is 0 Å². The number of hydrogen-bond acceptors (Lipinski definition) is 5. The molecule has 0 radical (unpaired) electrons. The van der Waals surface area contributed by atoms with Crippen LogP contribution in [0.15, 0.2) is 29.5 Å². The second-order valence-corrected chi connectivity index (χ2v) is 8.21. The van der Waals surface area contributed by atoms with Crippen LogP contribution in [0.4, 0.5) is 0 Å². The normalized spacial score (nSPS) is 22.0. The Kier molecular flexibility index (Phi) is 5.02. The SMILES string of the molecule is Cc1cnc(Cn2ccc(C)c(C(=O)N3CCCC4(CCNC4)C3)c2=O)cn1. The lowest BCUT2D eigenvalue weighted by molar-refractivity contribution is 0.0550. The van der Waals surface area contributed by atoms with Crippen LogP contribution in [0.1, 0.15) is 46.6 Å². The zero-order chi connectivity index (χ0) is 19.7. The summed E-state index contributed by atoms with van der Waals surface area (Å²) >= 11 is 0. The van der Waals surface area contributed by atoms with E-state index in [-0.39, 0.29) is 22.4 Å². The number of carbonyl (C=O) groups is 1. The van der Waals surface area contributed by atoms with Gasteiger partial charge in [0.05, 0.1) is 24.1 Å². The molecular weight excluding hydrogens is 354 g/mol. The fraction of sp³-hybridized carbons (Fsp3) is 0.524. The molecule has 0 saturated carbocycles. The van der Waals surface area contributed by atoms with Crippen molar-refractivity contribution < 1.29 is 4.79 Å². The van der Waals surface area contributed by atoms with Gasteiger partial charge in [0.25, 0.3) is 11.5 Å². The van der Waals surface area contributed by atoms with Crippen molar-refractivity contribution >= 4 is 5.91 Å². The first kappa shape index (κ1) is 18.8. The van der Waals surface area contributed by atoms with E-state index in [1.54, 1.807) is 23.2 Å².